The van der Waals surface area contributed by atoms with E-state index in [1.807, 2.05) is 6.92 Å². The van der Waals surface area contributed by atoms with Gasteiger partial charge in [0.1, 0.15) is 0 Å². The molecule has 0 unspecified atom stereocenters. The van der Waals surface area contributed by atoms with Crippen molar-refractivity contribution < 1.29 is 9.72 Å². The second kappa shape index (κ2) is 7.29. The fourth-order valence-corrected chi connectivity index (χ4v) is 2.41. The van der Waals surface area contributed by atoms with Gasteiger partial charge in [-0.05, 0) is 47.2 Å². The summed E-state index contributed by atoms with van der Waals surface area (Å²) in [4.78, 5) is 22.2. The summed E-state index contributed by atoms with van der Waals surface area (Å²) < 4.78 is 2.18. The van der Waals surface area contributed by atoms with E-state index in [1.165, 1.54) is 24.3 Å². The molecule has 0 fully saturated rings. The molecule has 0 atom stereocenters. The second-order valence-electron chi connectivity index (χ2n) is 4.39. The number of aromatic nitrogens is 2. The van der Waals surface area contributed by atoms with Crippen LogP contribution in [-0.2, 0) is 6.54 Å². The Bertz CT molecular complexity index is 759. The Morgan fingerprint density at radius 2 is 2.09 bits per heavy atom. The van der Waals surface area contributed by atoms with Gasteiger partial charge in [0.05, 0.1) is 9.40 Å². The standard InChI is InChI=1S/C13H12BrN5O3S/c1-2-18-7-10(14)11(17-18)12(20)16-13(23)15-8-3-5-9(6-4-8)19(21)22/h3-7H,2H2,1H3,(H2,15,16,20,23). The molecule has 0 aliphatic carbocycles. The molecule has 0 aliphatic rings. The zero-order valence-electron chi connectivity index (χ0n) is 11.9. The van der Waals surface area contributed by atoms with E-state index >= 15 is 0 Å². The van der Waals surface area contributed by atoms with Gasteiger partial charge in [-0.1, -0.05) is 0 Å². The molecule has 0 saturated carbocycles. The molecule has 0 radical (unpaired) electrons. The Morgan fingerprint density at radius 1 is 1.43 bits per heavy atom. The summed E-state index contributed by atoms with van der Waals surface area (Å²) in [5, 5.41) is 20.0. The van der Waals surface area contributed by atoms with Gasteiger partial charge in [0, 0.05) is 30.6 Å². The number of hydrogen-bond acceptors (Lipinski definition) is 5. The second-order valence-corrected chi connectivity index (χ2v) is 5.66. The van der Waals surface area contributed by atoms with E-state index in [4.69, 9.17) is 12.2 Å². The number of nitrogens with zero attached hydrogens (tertiary/aromatic N) is 3. The molecule has 0 aliphatic heterocycles. The van der Waals surface area contributed by atoms with Crippen LogP contribution in [0, 0.1) is 10.1 Å². The quantitative estimate of drug-likeness (QED) is 0.467. The molecule has 2 N–H and O–H groups in total. The van der Waals surface area contributed by atoms with Gasteiger partial charge < -0.3 is 5.32 Å². The molecule has 2 aromatic rings. The minimum atomic E-state index is -0.495. The van der Waals surface area contributed by atoms with Gasteiger partial charge >= 0.3 is 0 Å². The number of amides is 1. The Morgan fingerprint density at radius 3 is 2.61 bits per heavy atom. The maximum Gasteiger partial charge on any atom is 0.279 e. The molecular weight excluding hydrogens is 386 g/mol. The zero-order chi connectivity index (χ0) is 17.0. The van der Waals surface area contributed by atoms with Crippen molar-refractivity contribution in [2.75, 3.05) is 5.32 Å². The van der Waals surface area contributed by atoms with E-state index in [1.54, 1.807) is 10.9 Å². The average molecular weight is 398 g/mol. The van der Waals surface area contributed by atoms with Gasteiger partial charge in [-0.25, -0.2) is 0 Å². The van der Waals surface area contributed by atoms with Crippen LogP contribution in [0.2, 0.25) is 0 Å². The molecular formula is C13H12BrN5O3S. The average Bonchev–Trinajstić information content (AvgIpc) is 2.89. The van der Waals surface area contributed by atoms with Gasteiger partial charge in [-0.15, -0.1) is 0 Å². The van der Waals surface area contributed by atoms with Crippen LogP contribution in [0.5, 0.6) is 0 Å². The maximum absolute atomic E-state index is 12.1. The number of non-ortho nitro benzene ring substituents is 1. The van der Waals surface area contributed by atoms with Gasteiger partial charge in [-0.3, -0.25) is 24.9 Å². The van der Waals surface area contributed by atoms with Gasteiger partial charge in [-0.2, -0.15) is 5.10 Å². The van der Waals surface area contributed by atoms with Gasteiger partial charge in [0.15, 0.2) is 10.8 Å². The highest BCUT2D eigenvalue weighted by Crippen LogP contribution is 2.16. The van der Waals surface area contributed by atoms with E-state index in [9.17, 15) is 14.9 Å². The maximum atomic E-state index is 12.1. The minimum Gasteiger partial charge on any atom is -0.332 e. The molecule has 23 heavy (non-hydrogen) atoms. The van der Waals surface area contributed by atoms with Crippen LogP contribution in [-0.4, -0.2) is 25.7 Å². The van der Waals surface area contributed by atoms with E-state index in [0.717, 1.165) is 0 Å². The predicted octanol–water partition coefficient (Wildman–Crippen LogP) is 2.70. The first-order valence-electron chi connectivity index (χ1n) is 6.50. The lowest BCUT2D eigenvalue weighted by atomic mass is 10.3. The first-order chi connectivity index (χ1) is 10.9. The Hall–Kier alpha value is -2.33. The number of thiocarbonyl (C=S) groups is 1. The monoisotopic (exact) mass is 397 g/mol. The molecule has 2 rings (SSSR count). The number of carbonyl (C=O) groups is 1. The number of nitro benzene ring substituents is 1. The summed E-state index contributed by atoms with van der Waals surface area (Å²) in [7, 11) is 0. The fourth-order valence-electron chi connectivity index (χ4n) is 1.70. The third kappa shape index (κ3) is 4.33. The van der Waals surface area contributed by atoms with Crippen LogP contribution in [0.25, 0.3) is 0 Å². The van der Waals surface area contributed by atoms with Gasteiger partial charge in [0.2, 0.25) is 0 Å². The molecule has 10 heteroatoms. The third-order valence-corrected chi connectivity index (χ3v) is 3.60. The lowest BCUT2D eigenvalue weighted by Gasteiger charge is -2.08. The van der Waals surface area contributed by atoms with Crippen molar-refractivity contribution in [2.45, 2.75) is 13.5 Å². The highest BCUT2D eigenvalue weighted by Gasteiger charge is 2.16. The van der Waals surface area contributed by atoms with Crippen molar-refractivity contribution in [3.8, 4) is 0 Å². The molecule has 1 heterocycles. The number of carbonyl (C=O) groups excluding carboxylic acids is 1. The molecule has 1 amide bonds. The Balaban J connectivity index is 1.99. The van der Waals surface area contributed by atoms with Crippen molar-refractivity contribution in [1.29, 1.82) is 0 Å². The van der Waals surface area contributed by atoms with Crippen molar-refractivity contribution in [3.63, 3.8) is 0 Å². The Kier molecular flexibility index (Phi) is 5.40. The lowest BCUT2D eigenvalue weighted by Crippen LogP contribution is -2.34. The first-order valence-corrected chi connectivity index (χ1v) is 7.70. The fraction of sp³-hybridized carbons (Fsp3) is 0.154. The van der Waals surface area contributed by atoms with E-state index in [0.29, 0.717) is 16.7 Å². The SMILES string of the molecule is CCn1cc(Br)c(C(=O)NC(=S)Nc2ccc([N+](=O)[O-])cc2)n1. The molecule has 0 spiro atoms. The van der Waals surface area contributed by atoms with Crippen LogP contribution in [0.3, 0.4) is 0 Å². The topological polar surface area (TPSA) is 102 Å². The van der Waals surface area contributed by atoms with Crippen molar-refractivity contribution in [1.82, 2.24) is 15.1 Å². The van der Waals surface area contributed by atoms with Crippen LogP contribution in [0.4, 0.5) is 11.4 Å². The number of anilines is 1. The third-order valence-electron chi connectivity index (χ3n) is 2.82. The highest BCUT2D eigenvalue weighted by atomic mass is 79.9. The summed E-state index contributed by atoms with van der Waals surface area (Å²) in [6.45, 7) is 2.54. The molecule has 1 aromatic heterocycles. The zero-order valence-corrected chi connectivity index (χ0v) is 14.3. The van der Waals surface area contributed by atoms with Gasteiger partial charge in [0.25, 0.3) is 11.6 Å². The molecule has 0 bridgehead atoms. The van der Waals surface area contributed by atoms with E-state index in [-0.39, 0.29) is 16.5 Å². The van der Waals surface area contributed by atoms with Crippen molar-refractivity contribution in [3.05, 3.63) is 50.7 Å². The largest absolute Gasteiger partial charge is 0.332 e. The number of rotatable bonds is 4. The Labute approximate surface area is 145 Å². The first kappa shape index (κ1) is 17.0. The summed E-state index contributed by atoms with van der Waals surface area (Å²) in [5.41, 5.74) is 0.721. The number of hydrogen-bond donors (Lipinski definition) is 2. The predicted molar refractivity (Wildman–Crippen MR) is 92.4 cm³/mol. The smallest absolute Gasteiger partial charge is 0.279 e. The summed E-state index contributed by atoms with van der Waals surface area (Å²) >= 11 is 8.31. The number of nitrogens with one attached hydrogen (secondary N) is 2. The number of nitro groups is 1. The van der Waals surface area contributed by atoms with Crippen LogP contribution < -0.4 is 10.6 Å². The highest BCUT2D eigenvalue weighted by molar-refractivity contribution is 9.10. The van der Waals surface area contributed by atoms with Crippen LogP contribution in [0.15, 0.2) is 34.9 Å². The van der Waals surface area contributed by atoms with E-state index in [2.05, 4.69) is 31.7 Å². The van der Waals surface area contributed by atoms with E-state index < -0.39 is 10.8 Å². The molecule has 0 saturated heterocycles. The van der Waals surface area contributed by atoms with Crippen LogP contribution >= 0.6 is 28.1 Å². The molecule has 8 nitrogen and oxygen atoms in total. The summed E-state index contributed by atoms with van der Waals surface area (Å²) in [6, 6.07) is 5.68. The number of halogens is 1. The van der Waals surface area contributed by atoms with Crippen LogP contribution in [0.1, 0.15) is 17.4 Å². The number of aryl methyl sites for hydroxylation is 1. The summed E-state index contributed by atoms with van der Waals surface area (Å²) in [6.07, 6.45) is 1.70. The lowest BCUT2D eigenvalue weighted by molar-refractivity contribution is -0.384. The molecule has 1 aromatic carbocycles. The summed E-state index contributed by atoms with van der Waals surface area (Å²) in [5.74, 6) is -0.455. The minimum absolute atomic E-state index is 0.0282. The van der Waals surface area contributed by atoms with Crippen molar-refractivity contribution >= 4 is 50.5 Å². The molecule has 120 valence electrons. The van der Waals surface area contributed by atoms with Crippen molar-refractivity contribution in [2.24, 2.45) is 0 Å². The normalized spacial score (nSPS) is 10.2. The number of benzene rings is 1.